The van der Waals surface area contributed by atoms with Crippen LogP contribution >= 0.6 is 12.2 Å². The van der Waals surface area contributed by atoms with Gasteiger partial charge in [0.15, 0.2) is 5.11 Å². The Morgan fingerprint density at radius 1 is 1.00 bits per heavy atom. The van der Waals surface area contributed by atoms with Gasteiger partial charge in [-0.15, -0.1) is 0 Å². The molecule has 1 aliphatic carbocycles. The minimum atomic E-state index is -0.200. The summed E-state index contributed by atoms with van der Waals surface area (Å²) in [5.74, 6) is -0.200. The molecule has 4 heteroatoms. The molecule has 0 heterocycles. The summed E-state index contributed by atoms with van der Waals surface area (Å²) >= 11 is 5.20. The van der Waals surface area contributed by atoms with E-state index in [4.69, 9.17) is 12.2 Å². The molecule has 2 aromatic carbocycles. The molecule has 3 nitrogen and oxygen atoms in total. The number of amides is 1. The fraction of sp³-hybridized carbons (Fsp3) is 0.176. The second-order valence-corrected chi connectivity index (χ2v) is 5.52. The van der Waals surface area contributed by atoms with Crippen LogP contribution in [0, 0.1) is 0 Å². The third-order valence-electron chi connectivity index (χ3n) is 3.62. The lowest BCUT2D eigenvalue weighted by Gasteiger charge is -2.11. The van der Waals surface area contributed by atoms with E-state index >= 15 is 0 Å². The maximum Gasteiger partial charge on any atom is 0.257 e. The summed E-state index contributed by atoms with van der Waals surface area (Å²) in [4.78, 5) is 12.0. The van der Waals surface area contributed by atoms with Crippen molar-refractivity contribution in [1.29, 1.82) is 0 Å². The van der Waals surface area contributed by atoms with E-state index in [-0.39, 0.29) is 5.91 Å². The van der Waals surface area contributed by atoms with Gasteiger partial charge in [-0.3, -0.25) is 10.1 Å². The average molecular weight is 296 g/mol. The van der Waals surface area contributed by atoms with Crippen molar-refractivity contribution in [3.63, 3.8) is 0 Å². The Hall–Kier alpha value is -2.20. The van der Waals surface area contributed by atoms with Gasteiger partial charge >= 0.3 is 0 Å². The predicted octanol–water partition coefficient (Wildman–Crippen LogP) is 3.30. The van der Waals surface area contributed by atoms with Crippen molar-refractivity contribution in [3.8, 4) is 0 Å². The van der Waals surface area contributed by atoms with E-state index in [1.165, 1.54) is 17.5 Å². The van der Waals surface area contributed by atoms with Gasteiger partial charge in [-0.1, -0.05) is 24.3 Å². The lowest BCUT2D eigenvalue weighted by molar-refractivity contribution is 0.0978. The van der Waals surface area contributed by atoms with Gasteiger partial charge in [0, 0.05) is 11.3 Å². The van der Waals surface area contributed by atoms with E-state index in [0.29, 0.717) is 10.7 Å². The molecule has 21 heavy (non-hydrogen) atoms. The molecular formula is C17H16N2OS. The number of hydrogen-bond acceptors (Lipinski definition) is 2. The summed E-state index contributed by atoms with van der Waals surface area (Å²) in [6, 6.07) is 15.3. The zero-order valence-corrected chi connectivity index (χ0v) is 12.4. The second kappa shape index (κ2) is 6.06. The number of benzene rings is 2. The lowest BCUT2D eigenvalue weighted by atomic mass is 10.1. The molecule has 1 amide bonds. The molecule has 0 saturated carbocycles. The maximum atomic E-state index is 12.0. The highest BCUT2D eigenvalue weighted by molar-refractivity contribution is 7.80. The van der Waals surface area contributed by atoms with Crippen LogP contribution in [0.3, 0.4) is 0 Å². The second-order valence-electron chi connectivity index (χ2n) is 5.11. The van der Waals surface area contributed by atoms with Crippen LogP contribution in [0.1, 0.15) is 27.9 Å². The molecule has 0 saturated heterocycles. The monoisotopic (exact) mass is 296 g/mol. The summed E-state index contributed by atoms with van der Waals surface area (Å²) in [6.45, 7) is 0. The number of anilines is 1. The van der Waals surface area contributed by atoms with Crippen molar-refractivity contribution >= 4 is 28.9 Å². The third-order valence-corrected chi connectivity index (χ3v) is 3.82. The third kappa shape index (κ3) is 3.28. The summed E-state index contributed by atoms with van der Waals surface area (Å²) in [6.07, 6.45) is 3.49. The van der Waals surface area contributed by atoms with Crippen molar-refractivity contribution in [2.45, 2.75) is 19.3 Å². The number of rotatable bonds is 2. The molecule has 0 spiro atoms. The fourth-order valence-electron chi connectivity index (χ4n) is 2.58. The summed E-state index contributed by atoms with van der Waals surface area (Å²) in [5.41, 5.74) is 4.31. The van der Waals surface area contributed by atoms with E-state index < -0.39 is 0 Å². The molecule has 0 aliphatic heterocycles. The van der Waals surface area contributed by atoms with E-state index in [2.05, 4.69) is 22.8 Å². The van der Waals surface area contributed by atoms with Crippen LogP contribution in [-0.4, -0.2) is 11.0 Å². The first-order valence-electron chi connectivity index (χ1n) is 7.01. The molecule has 0 aromatic heterocycles. The van der Waals surface area contributed by atoms with Gasteiger partial charge in [-0.05, 0) is 66.9 Å². The number of thiocarbonyl (C=S) groups is 1. The first-order valence-corrected chi connectivity index (χ1v) is 7.42. The van der Waals surface area contributed by atoms with Crippen molar-refractivity contribution < 1.29 is 4.79 Å². The Labute approximate surface area is 129 Å². The minimum absolute atomic E-state index is 0.200. The van der Waals surface area contributed by atoms with Crippen LogP contribution in [0.4, 0.5) is 5.69 Å². The van der Waals surface area contributed by atoms with E-state index in [0.717, 1.165) is 18.5 Å². The first-order chi connectivity index (χ1) is 10.2. The van der Waals surface area contributed by atoms with Gasteiger partial charge in [0.25, 0.3) is 5.91 Å². The van der Waals surface area contributed by atoms with E-state index in [9.17, 15) is 4.79 Å². The SMILES string of the molecule is O=C(NC(=S)Nc1ccc2c(c1)CCC2)c1ccccc1. The van der Waals surface area contributed by atoms with E-state index in [1.807, 2.05) is 24.3 Å². The van der Waals surface area contributed by atoms with E-state index in [1.54, 1.807) is 12.1 Å². The van der Waals surface area contributed by atoms with Gasteiger partial charge in [0.1, 0.15) is 0 Å². The van der Waals surface area contributed by atoms with Crippen LogP contribution in [0.15, 0.2) is 48.5 Å². The molecule has 1 aliphatic rings. The molecule has 0 unspecified atom stereocenters. The minimum Gasteiger partial charge on any atom is -0.332 e. The van der Waals surface area contributed by atoms with Crippen molar-refractivity contribution in [2.24, 2.45) is 0 Å². The maximum absolute atomic E-state index is 12.0. The van der Waals surface area contributed by atoms with Crippen molar-refractivity contribution in [3.05, 3.63) is 65.2 Å². The number of hydrogen-bond donors (Lipinski definition) is 2. The van der Waals surface area contributed by atoms with Crippen LogP contribution in [0.25, 0.3) is 0 Å². The summed E-state index contributed by atoms with van der Waals surface area (Å²) < 4.78 is 0. The molecule has 3 rings (SSSR count). The van der Waals surface area contributed by atoms with Crippen LogP contribution in [0.2, 0.25) is 0 Å². The van der Waals surface area contributed by atoms with Gasteiger partial charge in [-0.2, -0.15) is 0 Å². The van der Waals surface area contributed by atoms with Gasteiger partial charge in [-0.25, -0.2) is 0 Å². The zero-order chi connectivity index (χ0) is 14.7. The molecule has 0 fully saturated rings. The number of fused-ring (bicyclic) bond motifs is 1. The lowest BCUT2D eigenvalue weighted by Crippen LogP contribution is -2.34. The molecular weight excluding hydrogens is 280 g/mol. The molecule has 2 aromatic rings. The van der Waals surface area contributed by atoms with Crippen LogP contribution in [0.5, 0.6) is 0 Å². The molecule has 0 radical (unpaired) electrons. The average Bonchev–Trinajstić information content (AvgIpc) is 2.95. The van der Waals surface area contributed by atoms with Gasteiger partial charge in [0.2, 0.25) is 0 Å². The molecule has 106 valence electrons. The van der Waals surface area contributed by atoms with Crippen molar-refractivity contribution in [1.82, 2.24) is 5.32 Å². The van der Waals surface area contributed by atoms with Crippen LogP contribution < -0.4 is 10.6 Å². The van der Waals surface area contributed by atoms with Gasteiger partial charge in [0.05, 0.1) is 0 Å². The Morgan fingerprint density at radius 3 is 2.57 bits per heavy atom. The number of carbonyl (C=O) groups excluding carboxylic acids is 1. The first kappa shape index (κ1) is 13.8. The molecule has 2 N–H and O–H groups in total. The fourth-order valence-corrected chi connectivity index (χ4v) is 2.79. The highest BCUT2D eigenvalue weighted by Crippen LogP contribution is 2.24. The van der Waals surface area contributed by atoms with Gasteiger partial charge < -0.3 is 5.32 Å². The highest BCUT2D eigenvalue weighted by Gasteiger charge is 2.12. The topological polar surface area (TPSA) is 41.1 Å². The number of nitrogens with one attached hydrogen (secondary N) is 2. The Bertz CT molecular complexity index is 682. The largest absolute Gasteiger partial charge is 0.332 e. The Morgan fingerprint density at radius 2 is 1.76 bits per heavy atom. The molecule has 0 atom stereocenters. The number of aryl methyl sites for hydroxylation is 2. The predicted molar refractivity (Wildman–Crippen MR) is 88.6 cm³/mol. The Balaban J connectivity index is 1.63. The van der Waals surface area contributed by atoms with Crippen LogP contribution in [-0.2, 0) is 12.8 Å². The highest BCUT2D eigenvalue weighted by atomic mass is 32.1. The molecule has 0 bridgehead atoms. The summed E-state index contributed by atoms with van der Waals surface area (Å²) in [7, 11) is 0. The number of carbonyl (C=O) groups is 1. The normalized spacial score (nSPS) is 12.6. The van der Waals surface area contributed by atoms with Crippen molar-refractivity contribution in [2.75, 3.05) is 5.32 Å². The smallest absolute Gasteiger partial charge is 0.257 e. The Kier molecular flexibility index (Phi) is 3.97. The quantitative estimate of drug-likeness (QED) is 0.836. The zero-order valence-electron chi connectivity index (χ0n) is 11.6. The summed E-state index contributed by atoms with van der Waals surface area (Å²) in [5, 5.41) is 6.09. The standard InChI is InChI=1S/C17H16N2OS/c20-16(13-5-2-1-3-6-13)19-17(21)18-15-10-9-12-7-4-8-14(12)11-15/h1-3,5-6,9-11H,4,7-8H2,(H2,18,19,20,21).